The number of piperidine rings is 1. The van der Waals surface area contributed by atoms with Gasteiger partial charge < -0.3 is 26.2 Å². The Balaban J connectivity index is 1.54. The monoisotopic (exact) mass is 553 g/mol. The van der Waals surface area contributed by atoms with Crippen LogP contribution < -0.4 is 11.1 Å². The molecule has 2 aliphatic carbocycles. The van der Waals surface area contributed by atoms with E-state index in [4.69, 9.17) is 17.3 Å². The van der Waals surface area contributed by atoms with Gasteiger partial charge in [-0.15, -0.1) is 0 Å². The van der Waals surface area contributed by atoms with Crippen molar-refractivity contribution in [2.24, 2.45) is 11.7 Å². The quantitative estimate of drug-likeness (QED) is 0.391. The zero-order valence-corrected chi connectivity index (χ0v) is 23.6. The predicted molar refractivity (Wildman–Crippen MR) is 152 cm³/mol. The number of rotatable bonds is 7. The molecular weight excluding hydrogens is 514 g/mol. The average molecular weight is 554 g/mol. The Labute approximate surface area is 235 Å². The van der Waals surface area contributed by atoms with E-state index in [1.165, 1.54) is 12.5 Å². The number of amides is 2. The number of hydrogen-bond acceptors (Lipinski definition) is 5. The number of nitrogens with one attached hydrogen (secondary N) is 1. The smallest absolute Gasteiger partial charge is 0.225 e. The van der Waals surface area contributed by atoms with Crippen LogP contribution >= 0.6 is 11.6 Å². The van der Waals surface area contributed by atoms with E-state index in [-0.39, 0.29) is 23.8 Å². The van der Waals surface area contributed by atoms with Crippen LogP contribution in [0.4, 0.5) is 0 Å². The van der Waals surface area contributed by atoms with E-state index in [1.54, 1.807) is 0 Å². The van der Waals surface area contributed by atoms with Crippen LogP contribution in [0.3, 0.4) is 0 Å². The van der Waals surface area contributed by atoms with Gasteiger partial charge in [0.05, 0.1) is 6.10 Å². The first kappa shape index (κ1) is 28.1. The fourth-order valence-corrected chi connectivity index (χ4v) is 7.58. The maximum absolute atomic E-state index is 13.6. The summed E-state index contributed by atoms with van der Waals surface area (Å²) in [6, 6.07) is 11.8. The van der Waals surface area contributed by atoms with Gasteiger partial charge in [-0.3, -0.25) is 9.59 Å². The molecule has 1 aliphatic heterocycles. The molecule has 8 heteroatoms. The molecule has 7 nitrogen and oxygen atoms in total. The Kier molecular flexibility index (Phi) is 7.81. The minimum absolute atomic E-state index is 0.0138. The molecule has 0 unspecified atom stereocenters. The van der Waals surface area contributed by atoms with Gasteiger partial charge in [-0.1, -0.05) is 48.9 Å². The molecule has 2 amide bonds. The number of hydrogen-bond donors (Lipinski definition) is 4. The molecule has 0 aromatic heterocycles. The zero-order chi connectivity index (χ0) is 27.9. The van der Waals surface area contributed by atoms with Crippen LogP contribution in [0.2, 0.25) is 5.02 Å². The van der Waals surface area contributed by atoms with E-state index >= 15 is 0 Å². The molecule has 1 saturated carbocycles. The number of carbonyl (C=O) groups excluding carboxylic acids is 2. The summed E-state index contributed by atoms with van der Waals surface area (Å²) in [4.78, 5) is 27.0. The summed E-state index contributed by atoms with van der Waals surface area (Å²) in [6.07, 6.45) is 3.65. The maximum atomic E-state index is 13.6. The number of fused-ring (bicyclic) bond motifs is 2. The fraction of sp³-hybridized carbons (Fsp3) is 0.548. The van der Waals surface area contributed by atoms with Crippen LogP contribution in [-0.2, 0) is 27.0 Å². The minimum Gasteiger partial charge on any atom is -0.391 e. The van der Waals surface area contributed by atoms with Gasteiger partial charge in [0, 0.05) is 54.5 Å². The lowest BCUT2D eigenvalue weighted by molar-refractivity contribution is -0.149. The second kappa shape index (κ2) is 10.8. The third-order valence-electron chi connectivity index (χ3n) is 9.32. The molecule has 2 aromatic rings. The molecule has 2 aromatic carbocycles. The average Bonchev–Trinajstić information content (AvgIpc) is 3.27. The fourth-order valence-electron chi connectivity index (χ4n) is 7.32. The van der Waals surface area contributed by atoms with Crippen LogP contribution in [0.25, 0.3) is 11.1 Å². The maximum Gasteiger partial charge on any atom is 0.225 e. The van der Waals surface area contributed by atoms with Crippen molar-refractivity contribution in [1.29, 1.82) is 0 Å². The molecular formula is C31H40ClN3O4. The van der Waals surface area contributed by atoms with Crippen LogP contribution in [0.5, 0.6) is 0 Å². The van der Waals surface area contributed by atoms with Crippen molar-refractivity contribution in [3.05, 3.63) is 58.1 Å². The van der Waals surface area contributed by atoms with Gasteiger partial charge in [0.15, 0.2) is 0 Å². The molecule has 0 radical (unpaired) electrons. The lowest BCUT2D eigenvalue weighted by Crippen LogP contribution is -2.66. The first-order chi connectivity index (χ1) is 18.6. The Morgan fingerprint density at radius 2 is 2.03 bits per heavy atom. The number of halogens is 1. The Bertz CT molecular complexity index is 1260. The first-order valence-corrected chi connectivity index (χ1v) is 14.6. The van der Waals surface area contributed by atoms with Gasteiger partial charge in [-0.2, -0.15) is 0 Å². The normalized spacial score (nSPS) is 29.7. The van der Waals surface area contributed by atoms with Crippen molar-refractivity contribution in [3.8, 4) is 11.1 Å². The number of nitrogens with zero attached hydrogens (tertiary/aromatic N) is 1. The van der Waals surface area contributed by atoms with Gasteiger partial charge in [-0.05, 0) is 73.3 Å². The number of benzene rings is 2. The Hall–Kier alpha value is -2.45. The van der Waals surface area contributed by atoms with Gasteiger partial charge >= 0.3 is 0 Å². The third-order valence-corrected chi connectivity index (χ3v) is 9.63. The largest absolute Gasteiger partial charge is 0.391 e. The summed E-state index contributed by atoms with van der Waals surface area (Å²) < 4.78 is 0. The summed E-state index contributed by atoms with van der Waals surface area (Å²) >= 11 is 6.85. The lowest BCUT2D eigenvalue weighted by Gasteiger charge is -2.62. The highest BCUT2D eigenvalue weighted by molar-refractivity contribution is 6.33. The van der Waals surface area contributed by atoms with E-state index in [9.17, 15) is 19.8 Å². The summed E-state index contributed by atoms with van der Waals surface area (Å²) in [5, 5.41) is 26.3. The molecule has 5 N–H and O–H groups in total. The number of aliphatic hydroxyl groups is 2. The predicted octanol–water partition coefficient (Wildman–Crippen LogP) is 3.65. The number of aliphatic hydroxyl groups excluding tert-OH is 1. The van der Waals surface area contributed by atoms with E-state index in [2.05, 4.69) is 24.4 Å². The topological polar surface area (TPSA) is 116 Å². The molecule has 3 aliphatic rings. The number of nitrogens with two attached hydrogens (primary N) is 1. The van der Waals surface area contributed by atoms with Crippen molar-refractivity contribution in [3.63, 3.8) is 0 Å². The Morgan fingerprint density at radius 1 is 1.23 bits per heavy atom. The van der Waals surface area contributed by atoms with Crippen molar-refractivity contribution in [2.75, 3.05) is 19.6 Å². The van der Waals surface area contributed by atoms with E-state index in [0.717, 1.165) is 41.5 Å². The van der Waals surface area contributed by atoms with Crippen LogP contribution in [0.1, 0.15) is 69.1 Å². The van der Waals surface area contributed by atoms with Gasteiger partial charge in [-0.25, -0.2) is 0 Å². The molecule has 1 spiro atoms. The van der Waals surface area contributed by atoms with Crippen molar-refractivity contribution in [2.45, 2.75) is 82.0 Å². The SMILES string of the molecule is CCc1cccc(-c2c(Cl)ccc3c2[C@](O)(CCCNC(C)=O)[C@@]32CCCN(C(=O)[C@H]3C[C@@H](N)[C@@H](O)C3)C2)c1. The van der Waals surface area contributed by atoms with Gasteiger partial charge in [0.25, 0.3) is 0 Å². The van der Waals surface area contributed by atoms with Crippen LogP contribution in [0, 0.1) is 5.92 Å². The molecule has 2 fully saturated rings. The summed E-state index contributed by atoms with van der Waals surface area (Å²) in [7, 11) is 0. The second-order valence-electron chi connectivity index (χ2n) is 11.7. The second-order valence-corrected chi connectivity index (χ2v) is 12.1. The van der Waals surface area contributed by atoms with E-state index in [0.29, 0.717) is 50.3 Å². The molecule has 39 heavy (non-hydrogen) atoms. The number of carbonyl (C=O) groups is 2. The van der Waals surface area contributed by atoms with Crippen molar-refractivity contribution in [1.82, 2.24) is 10.2 Å². The molecule has 5 atom stereocenters. The highest BCUT2D eigenvalue weighted by Crippen LogP contribution is 2.64. The molecule has 1 heterocycles. The van der Waals surface area contributed by atoms with E-state index in [1.807, 2.05) is 29.2 Å². The minimum atomic E-state index is -1.21. The molecule has 210 valence electrons. The standard InChI is InChI=1S/C31H40ClN3O4/c1-3-20-7-4-8-21(15-20)27-24(32)10-9-23-28(27)31(39,12-5-13-34-19(2)36)30(23)11-6-14-35(18-30)29(38)22-16-25(33)26(37)17-22/h4,7-10,15,22,25-26,37,39H,3,5-6,11-14,16-18,33H2,1-2H3,(H,34,36)/t22-,25+,26-,30+,31+/m0/s1. The van der Waals surface area contributed by atoms with Crippen LogP contribution in [0.15, 0.2) is 36.4 Å². The van der Waals surface area contributed by atoms with Crippen molar-refractivity contribution < 1.29 is 19.8 Å². The highest BCUT2D eigenvalue weighted by atomic mass is 35.5. The lowest BCUT2D eigenvalue weighted by atomic mass is 9.47. The first-order valence-electron chi connectivity index (χ1n) is 14.2. The summed E-state index contributed by atoms with van der Waals surface area (Å²) in [6.45, 7) is 5.10. The van der Waals surface area contributed by atoms with E-state index < -0.39 is 17.1 Å². The third kappa shape index (κ3) is 4.77. The molecule has 0 bridgehead atoms. The van der Waals surface area contributed by atoms with Gasteiger partial charge in [0.1, 0.15) is 5.60 Å². The number of likely N-dealkylation sites (tertiary alicyclic amines) is 1. The highest BCUT2D eigenvalue weighted by Gasteiger charge is 2.64. The van der Waals surface area contributed by atoms with Gasteiger partial charge in [0.2, 0.25) is 11.8 Å². The summed E-state index contributed by atoms with van der Waals surface area (Å²) in [5.74, 6) is -0.382. The molecule has 1 saturated heterocycles. The summed E-state index contributed by atoms with van der Waals surface area (Å²) in [5.41, 5.74) is 9.09. The zero-order valence-electron chi connectivity index (χ0n) is 22.9. The van der Waals surface area contributed by atoms with Crippen molar-refractivity contribution >= 4 is 23.4 Å². The molecule has 5 rings (SSSR count). The Morgan fingerprint density at radius 3 is 2.72 bits per heavy atom. The van der Waals surface area contributed by atoms with Crippen LogP contribution in [-0.4, -0.2) is 58.7 Å². The number of aryl methyl sites for hydroxylation is 1.